The fraction of sp³-hybridized carbons (Fsp3) is 0.500. The lowest BCUT2D eigenvalue weighted by molar-refractivity contribution is 0.737. The molecule has 0 spiro atoms. The molecule has 0 heterocycles. The number of thioether (sulfide) groups is 1. The van der Waals surface area contributed by atoms with Gasteiger partial charge in [-0.05, 0) is 43.2 Å². The largest absolute Gasteiger partial charge is 0.328 e. The van der Waals surface area contributed by atoms with Gasteiger partial charge in [-0.3, -0.25) is 0 Å². The second kappa shape index (κ2) is 6.10. The monoisotopic (exact) mass is 209 g/mol. The van der Waals surface area contributed by atoms with Crippen LogP contribution in [-0.4, -0.2) is 11.8 Å². The quantitative estimate of drug-likeness (QED) is 0.754. The molecule has 0 saturated heterocycles. The molecule has 0 radical (unpaired) electrons. The van der Waals surface area contributed by atoms with Crippen molar-refractivity contribution in [3.63, 3.8) is 0 Å². The Morgan fingerprint density at radius 1 is 1.29 bits per heavy atom. The standard InChI is InChI=1S/C12H19NS/c1-3-8-14-12-6-4-11(5-7-12)9-10(2)13/h4-7,10H,3,8-9,13H2,1-2H3/t10-/m0/s1. The molecule has 1 aromatic carbocycles. The minimum Gasteiger partial charge on any atom is -0.328 e. The van der Waals surface area contributed by atoms with E-state index >= 15 is 0 Å². The van der Waals surface area contributed by atoms with Gasteiger partial charge in [0.25, 0.3) is 0 Å². The first-order valence-corrected chi connectivity index (χ1v) is 6.18. The van der Waals surface area contributed by atoms with Crippen LogP contribution in [0.2, 0.25) is 0 Å². The van der Waals surface area contributed by atoms with Crippen molar-refractivity contribution in [3.05, 3.63) is 29.8 Å². The molecule has 1 aromatic rings. The molecule has 2 N–H and O–H groups in total. The Hall–Kier alpha value is -0.470. The van der Waals surface area contributed by atoms with Crippen LogP contribution >= 0.6 is 11.8 Å². The summed E-state index contributed by atoms with van der Waals surface area (Å²) >= 11 is 1.92. The summed E-state index contributed by atoms with van der Waals surface area (Å²) in [7, 11) is 0. The van der Waals surface area contributed by atoms with Gasteiger partial charge in [0.1, 0.15) is 0 Å². The van der Waals surface area contributed by atoms with Crippen LogP contribution in [0, 0.1) is 0 Å². The van der Waals surface area contributed by atoms with Crippen LogP contribution in [-0.2, 0) is 6.42 Å². The molecular weight excluding hydrogens is 190 g/mol. The van der Waals surface area contributed by atoms with Gasteiger partial charge in [0.05, 0.1) is 0 Å². The molecular formula is C12H19NS. The van der Waals surface area contributed by atoms with Gasteiger partial charge in [0.15, 0.2) is 0 Å². The summed E-state index contributed by atoms with van der Waals surface area (Å²) in [5.41, 5.74) is 7.07. The molecule has 0 bridgehead atoms. The van der Waals surface area contributed by atoms with Crippen molar-refractivity contribution in [2.45, 2.75) is 37.6 Å². The Bertz CT molecular complexity index is 254. The second-order valence-corrected chi connectivity index (χ2v) is 4.84. The Morgan fingerprint density at radius 2 is 1.93 bits per heavy atom. The first-order chi connectivity index (χ1) is 6.72. The van der Waals surface area contributed by atoms with Crippen LogP contribution in [0.25, 0.3) is 0 Å². The number of hydrogen-bond donors (Lipinski definition) is 1. The summed E-state index contributed by atoms with van der Waals surface area (Å²) in [5.74, 6) is 1.20. The van der Waals surface area contributed by atoms with Crippen molar-refractivity contribution in [1.82, 2.24) is 0 Å². The van der Waals surface area contributed by atoms with E-state index in [2.05, 4.69) is 31.2 Å². The lowest BCUT2D eigenvalue weighted by atomic mass is 10.1. The molecule has 0 aliphatic heterocycles. The van der Waals surface area contributed by atoms with Gasteiger partial charge in [0.2, 0.25) is 0 Å². The maximum Gasteiger partial charge on any atom is 0.00721 e. The highest BCUT2D eigenvalue weighted by Gasteiger charge is 1.98. The fourth-order valence-corrected chi connectivity index (χ4v) is 2.08. The summed E-state index contributed by atoms with van der Waals surface area (Å²) in [6.07, 6.45) is 2.20. The normalized spacial score (nSPS) is 12.8. The molecule has 1 atom stereocenters. The molecule has 0 saturated carbocycles. The molecule has 78 valence electrons. The van der Waals surface area contributed by atoms with Crippen molar-refractivity contribution >= 4 is 11.8 Å². The molecule has 0 aromatic heterocycles. The minimum absolute atomic E-state index is 0.254. The average molecular weight is 209 g/mol. The van der Waals surface area contributed by atoms with Gasteiger partial charge in [0, 0.05) is 10.9 Å². The molecule has 1 rings (SSSR count). The number of benzene rings is 1. The fourth-order valence-electron chi connectivity index (χ4n) is 1.31. The van der Waals surface area contributed by atoms with E-state index in [9.17, 15) is 0 Å². The van der Waals surface area contributed by atoms with Crippen LogP contribution in [0.3, 0.4) is 0 Å². The molecule has 0 aliphatic carbocycles. The maximum absolute atomic E-state index is 5.74. The molecule has 2 heteroatoms. The Morgan fingerprint density at radius 3 is 2.43 bits per heavy atom. The van der Waals surface area contributed by atoms with E-state index in [-0.39, 0.29) is 6.04 Å². The molecule has 14 heavy (non-hydrogen) atoms. The number of rotatable bonds is 5. The lowest BCUT2D eigenvalue weighted by Crippen LogP contribution is -2.17. The van der Waals surface area contributed by atoms with Crippen LogP contribution < -0.4 is 5.73 Å². The van der Waals surface area contributed by atoms with Crippen LogP contribution in [0.15, 0.2) is 29.2 Å². The first-order valence-electron chi connectivity index (χ1n) is 5.19. The van der Waals surface area contributed by atoms with Crippen molar-refractivity contribution in [3.8, 4) is 0 Å². The van der Waals surface area contributed by atoms with Gasteiger partial charge in [-0.2, -0.15) is 0 Å². The van der Waals surface area contributed by atoms with Crippen LogP contribution in [0.5, 0.6) is 0 Å². The van der Waals surface area contributed by atoms with Gasteiger partial charge >= 0.3 is 0 Å². The van der Waals surface area contributed by atoms with Crippen molar-refractivity contribution in [1.29, 1.82) is 0 Å². The Kier molecular flexibility index (Phi) is 5.05. The topological polar surface area (TPSA) is 26.0 Å². The van der Waals surface area contributed by atoms with Gasteiger partial charge < -0.3 is 5.73 Å². The summed E-state index contributed by atoms with van der Waals surface area (Å²) in [6, 6.07) is 9.00. The summed E-state index contributed by atoms with van der Waals surface area (Å²) < 4.78 is 0. The molecule has 0 fully saturated rings. The number of hydrogen-bond acceptors (Lipinski definition) is 2. The van der Waals surface area contributed by atoms with Crippen LogP contribution in [0.4, 0.5) is 0 Å². The molecule has 0 aliphatic rings. The van der Waals surface area contributed by atoms with Gasteiger partial charge in [-0.25, -0.2) is 0 Å². The zero-order chi connectivity index (χ0) is 10.4. The van der Waals surface area contributed by atoms with E-state index in [1.807, 2.05) is 18.7 Å². The highest BCUT2D eigenvalue weighted by Crippen LogP contribution is 2.19. The number of nitrogens with two attached hydrogens (primary N) is 1. The van der Waals surface area contributed by atoms with E-state index in [4.69, 9.17) is 5.73 Å². The van der Waals surface area contributed by atoms with E-state index in [1.54, 1.807) is 0 Å². The summed E-state index contributed by atoms with van der Waals surface area (Å²) in [6.45, 7) is 4.25. The SMILES string of the molecule is CCCSc1ccc(C[C@H](C)N)cc1. The highest BCUT2D eigenvalue weighted by molar-refractivity contribution is 7.99. The second-order valence-electron chi connectivity index (χ2n) is 3.67. The zero-order valence-corrected chi connectivity index (χ0v) is 9.81. The van der Waals surface area contributed by atoms with Crippen LogP contribution in [0.1, 0.15) is 25.8 Å². The smallest absolute Gasteiger partial charge is 0.00721 e. The predicted octanol–water partition coefficient (Wildman–Crippen LogP) is 3.08. The van der Waals surface area contributed by atoms with E-state index in [1.165, 1.54) is 22.6 Å². The Balaban J connectivity index is 2.50. The third-order valence-electron chi connectivity index (χ3n) is 1.95. The van der Waals surface area contributed by atoms with Gasteiger partial charge in [-0.1, -0.05) is 19.1 Å². The Labute approximate surface area is 91.1 Å². The summed E-state index contributed by atoms with van der Waals surface area (Å²) in [4.78, 5) is 1.36. The highest BCUT2D eigenvalue weighted by atomic mass is 32.2. The minimum atomic E-state index is 0.254. The van der Waals surface area contributed by atoms with Crippen molar-refractivity contribution in [2.24, 2.45) is 5.73 Å². The van der Waals surface area contributed by atoms with Gasteiger partial charge in [-0.15, -0.1) is 11.8 Å². The average Bonchev–Trinajstić information content (AvgIpc) is 2.16. The van der Waals surface area contributed by atoms with Crippen molar-refractivity contribution in [2.75, 3.05) is 5.75 Å². The molecule has 1 nitrogen and oxygen atoms in total. The summed E-state index contributed by atoms with van der Waals surface area (Å²) in [5, 5.41) is 0. The lowest BCUT2D eigenvalue weighted by Gasteiger charge is -2.06. The van der Waals surface area contributed by atoms with Crippen molar-refractivity contribution < 1.29 is 0 Å². The first kappa shape index (κ1) is 11.6. The van der Waals surface area contributed by atoms with E-state index in [0.29, 0.717) is 0 Å². The third kappa shape index (κ3) is 4.16. The maximum atomic E-state index is 5.74. The third-order valence-corrected chi connectivity index (χ3v) is 3.17. The molecule has 0 amide bonds. The zero-order valence-electron chi connectivity index (χ0n) is 8.99. The molecule has 0 unspecified atom stereocenters. The van der Waals surface area contributed by atoms with E-state index < -0.39 is 0 Å². The van der Waals surface area contributed by atoms with E-state index in [0.717, 1.165) is 6.42 Å². The predicted molar refractivity (Wildman–Crippen MR) is 64.8 cm³/mol.